The van der Waals surface area contributed by atoms with Crippen LogP contribution in [0, 0.1) is 0 Å². The molecule has 2 nitrogen and oxygen atoms in total. The van der Waals surface area contributed by atoms with Gasteiger partial charge in [-0.2, -0.15) is 0 Å². The molecule has 0 saturated heterocycles. The summed E-state index contributed by atoms with van der Waals surface area (Å²) in [5, 5.41) is 2.22. The first-order valence-corrected chi connectivity index (χ1v) is 23.8. The van der Waals surface area contributed by atoms with E-state index in [9.17, 15) is 0 Å². The van der Waals surface area contributed by atoms with Crippen molar-refractivity contribution in [1.82, 2.24) is 0 Å². The van der Waals surface area contributed by atoms with E-state index >= 15 is 0 Å². The highest BCUT2D eigenvalue weighted by Gasteiger charge is 2.51. The molecule has 14 rings (SSSR count). The molecule has 322 valence electrons. The summed E-state index contributed by atoms with van der Waals surface area (Å²) in [4.78, 5) is 2.40. The van der Waals surface area contributed by atoms with E-state index in [0.29, 0.717) is 0 Å². The van der Waals surface area contributed by atoms with Crippen LogP contribution in [0.25, 0.3) is 88.7 Å². The van der Waals surface area contributed by atoms with Gasteiger partial charge >= 0.3 is 0 Å². The summed E-state index contributed by atoms with van der Waals surface area (Å²) in [6.07, 6.45) is 0. The molecule has 0 bridgehead atoms. The van der Waals surface area contributed by atoms with E-state index < -0.39 is 5.41 Å². The Kier molecular flexibility index (Phi) is 8.84. The highest BCUT2D eigenvalue weighted by Crippen LogP contribution is 2.63. The van der Waals surface area contributed by atoms with E-state index in [2.05, 4.69) is 260 Å². The molecule has 1 aromatic heterocycles. The van der Waals surface area contributed by atoms with Crippen molar-refractivity contribution in [2.45, 2.75) is 5.41 Å². The zero-order chi connectivity index (χ0) is 45.5. The molecule has 0 amide bonds. The maximum atomic E-state index is 6.56. The largest absolute Gasteiger partial charge is 0.456 e. The summed E-state index contributed by atoms with van der Waals surface area (Å²) < 4.78 is 6.56. The first-order valence-electron chi connectivity index (χ1n) is 23.8. The smallest absolute Gasteiger partial charge is 0.137 e. The summed E-state index contributed by atoms with van der Waals surface area (Å²) in [6.45, 7) is 0. The van der Waals surface area contributed by atoms with Crippen molar-refractivity contribution in [2.75, 3.05) is 4.90 Å². The van der Waals surface area contributed by atoms with Crippen molar-refractivity contribution in [1.29, 1.82) is 0 Å². The fourth-order valence-electron chi connectivity index (χ4n) is 11.8. The summed E-state index contributed by atoms with van der Waals surface area (Å²) in [5.41, 5.74) is 24.5. The van der Waals surface area contributed by atoms with Gasteiger partial charge in [-0.1, -0.05) is 212 Å². The molecule has 69 heavy (non-hydrogen) atoms. The summed E-state index contributed by atoms with van der Waals surface area (Å²) >= 11 is 0. The molecule has 0 aliphatic heterocycles. The number of anilines is 3. The van der Waals surface area contributed by atoms with Crippen LogP contribution in [0.3, 0.4) is 0 Å². The molecule has 2 heteroatoms. The second-order valence-electron chi connectivity index (χ2n) is 18.3. The van der Waals surface area contributed by atoms with Crippen molar-refractivity contribution < 1.29 is 4.42 Å². The van der Waals surface area contributed by atoms with E-state index in [-0.39, 0.29) is 0 Å². The van der Waals surface area contributed by atoms with Crippen LogP contribution < -0.4 is 4.90 Å². The minimum atomic E-state index is -0.400. The number of rotatable bonds is 7. The molecular weight excluding hydrogens is 835 g/mol. The van der Waals surface area contributed by atoms with Crippen molar-refractivity contribution in [2.24, 2.45) is 0 Å². The van der Waals surface area contributed by atoms with Gasteiger partial charge in [-0.25, -0.2) is 0 Å². The number of hydrogen-bond donors (Lipinski definition) is 0. The van der Waals surface area contributed by atoms with Crippen LogP contribution in [0.4, 0.5) is 17.1 Å². The first kappa shape index (κ1) is 39.2. The highest BCUT2D eigenvalue weighted by molar-refractivity contribution is 6.07. The Morgan fingerprint density at radius 3 is 1.39 bits per heavy atom. The lowest BCUT2D eigenvalue weighted by Gasteiger charge is -2.30. The van der Waals surface area contributed by atoms with Gasteiger partial charge in [0.15, 0.2) is 0 Å². The van der Waals surface area contributed by atoms with E-state index in [1.807, 2.05) is 6.07 Å². The molecule has 11 aromatic carbocycles. The van der Waals surface area contributed by atoms with Crippen molar-refractivity contribution in [3.63, 3.8) is 0 Å². The summed E-state index contributed by atoms with van der Waals surface area (Å²) in [6, 6.07) is 95.4. The Morgan fingerprint density at radius 1 is 0.261 bits per heavy atom. The van der Waals surface area contributed by atoms with Gasteiger partial charge in [0.05, 0.1) is 11.1 Å². The molecule has 1 heterocycles. The quantitative estimate of drug-likeness (QED) is 0.159. The Morgan fingerprint density at radius 2 is 0.725 bits per heavy atom. The molecule has 0 atom stereocenters. The van der Waals surface area contributed by atoms with Crippen LogP contribution in [0.2, 0.25) is 0 Å². The lowest BCUT2D eigenvalue weighted by molar-refractivity contribution is 0.669. The third-order valence-electron chi connectivity index (χ3n) is 14.7. The van der Waals surface area contributed by atoms with Gasteiger partial charge in [0.2, 0.25) is 0 Å². The van der Waals surface area contributed by atoms with Crippen molar-refractivity contribution >= 4 is 39.0 Å². The maximum absolute atomic E-state index is 6.56. The Bertz CT molecular complexity index is 3910. The number of hydrogen-bond acceptors (Lipinski definition) is 2. The lowest BCUT2D eigenvalue weighted by atomic mass is 9.70. The zero-order valence-corrected chi connectivity index (χ0v) is 37.7. The molecule has 12 aromatic rings. The fourth-order valence-corrected chi connectivity index (χ4v) is 11.8. The molecule has 0 radical (unpaired) electrons. The van der Waals surface area contributed by atoms with Gasteiger partial charge in [-0.3, -0.25) is 0 Å². The number of benzene rings is 11. The molecule has 0 unspecified atom stereocenters. The van der Waals surface area contributed by atoms with Gasteiger partial charge in [0.1, 0.15) is 11.2 Å². The fraction of sp³-hybridized carbons (Fsp3) is 0.0149. The van der Waals surface area contributed by atoms with Crippen LogP contribution in [0.5, 0.6) is 0 Å². The number of para-hydroxylation sites is 2. The van der Waals surface area contributed by atoms with E-state index in [0.717, 1.165) is 55.7 Å². The molecule has 2 aliphatic carbocycles. The maximum Gasteiger partial charge on any atom is 0.137 e. The highest BCUT2D eigenvalue weighted by atomic mass is 16.3. The van der Waals surface area contributed by atoms with Gasteiger partial charge in [0, 0.05) is 33.8 Å². The minimum Gasteiger partial charge on any atom is -0.456 e. The average Bonchev–Trinajstić information content (AvgIpc) is 4.05. The summed E-state index contributed by atoms with van der Waals surface area (Å²) in [5.74, 6) is 0. The Balaban J connectivity index is 0.929. The first-order chi connectivity index (χ1) is 34.2. The Hall–Kier alpha value is -8.98. The van der Waals surface area contributed by atoms with Gasteiger partial charge in [-0.05, 0) is 126 Å². The predicted octanol–water partition coefficient (Wildman–Crippen LogP) is 18.1. The lowest BCUT2D eigenvalue weighted by Crippen LogP contribution is -2.25. The standard InChI is InChI=1S/C67H43NO/c1-2-18-45(19-3-1)49-20-4-5-21-50(49)51-22-6-7-23-52(51)57-27-11-16-32-64(57)68(48-39-41-59-58-28-12-17-33-65(58)69-66(59)43-48)47-37-34-44(35-38-47)46-36-40-56-55-26-10-15-31-62(55)67(63(56)42-46)60-29-13-8-24-53(60)54-25-9-14-30-61(54)67/h1-43H. The summed E-state index contributed by atoms with van der Waals surface area (Å²) in [7, 11) is 0. The predicted molar refractivity (Wildman–Crippen MR) is 286 cm³/mol. The number of furan rings is 1. The third-order valence-corrected chi connectivity index (χ3v) is 14.7. The molecular formula is C67H43NO. The third kappa shape index (κ3) is 5.92. The van der Waals surface area contributed by atoms with E-state index in [4.69, 9.17) is 4.42 Å². The van der Waals surface area contributed by atoms with Crippen LogP contribution in [-0.4, -0.2) is 0 Å². The molecule has 0 saturated carbocycles. The van der Waals surface area contributed by atoms with Crippen molar-refractivity contribution in [3.05, 3.63) is 283 Å². The minimum absolute atomic E-state index is 0.400. The molecule has 1 spiro atoms. The average molecular weight is 878 g/mol. The number of nitrogens with zero attached hydrogens (tertiary/aromatic N) is 1. The molecule has 0 N–H and O–H groups in total. The second-order valence-corrected chi connectivity index (χ2v) is 18.3. The molecule has 2 aliphatic rings. The topological polar surface area (TPSA) is 16.4 Å². The van der Waals surface area contributed by atoms with Gasteiger partial charge in [0.25, 0.3) is 0 Å². The number of fused-ring (bicyclic) bond motifs is 13. The van der Waals surface area contributed by atoms with E-state index in [1.165, 1.54) is 72.3 Å². The van der Waals surface area contributed by atoms with Gasteiger partial charge in [-0.15, -0.1) is 0 Å². The Labute approximate surface area is 401 Å². The second kappa shape index (κ2) is 15.6. The van der Waals surface area contributed by atoms with Crippen molar-refractivity contribution in [3.8, 4) is 66.8 Å². The normalized spacial score (nSPS) is 12.8. The monoisotopic (exact) mass is 877 g/mol. The van der Waals surface area contributed by atoms with Crippen LogP contribution in [-0.2, 0) is 5.41 Å². The van der Waals surface area contributed by atoms with Gasteiger partial charge < -0.3 is 9.32 Å². The molecule has 0 fully saturated rings. The van der Waals surface area contributed by atoms with E-state index in [1.54, 1.807) is 0 Å². The van der Waals surface area contributed by atoms with Crippen LogP contribution >= 0.6 is 0 Å². The SMILES string of the molecule is c1ccc(-c2ccccc2-c2ccccc2-c2ccccc2N(c2ccc(-c3ccc4c(c3)C3(c5ccccc5-c5ccccc53)c3ccccc3-4)cc2)c2ccc3c(c2)oc2ccccc23)cc1. The van der Waals surface area contributed by atoms with Crippen LogP contribution in [0.1, 0.15) is 22.3 Å². The van der Waals surface area contributed by atoms with Crippen LogP contribution in [0.15, 0.2) is 265 Å². The zero-order valence-electron chi connectivity index (χ0n) is 37.7.